The number of ether oxygens (including phenoxy) is 2. The van der Waals surface area contributed by atoms with Crippen LogP contribution in [0.15, 0.2) is 36.5 Å². The van der Waals surface area contributed by atoms with E-state index >= 15 is 0 Å². The third kappa shape index (κ3) is 1.73. The molecule has 4 aliphatic heterocycles. The zero-order chi connectivity index (χ0) is 15.7. The first-order valence-electron chi connectivity index (χ1n) is 8.29. The SMILES string of the molecule is CC(=O)[C@@H]1[C@H]2[C@H](C(=O)[C@H]3OC[C@@H]2O3)[C@H]2C=C[C@@H]3C=CC=C[C@H]3N21. The predicted octanol–water partition coefficient (Wildman–Crippen LogP) is 0.865. The summed E-state index contributed by atoms with van der Waals surface area (Å²) in [5.41, 5.74) is 0. The number of carbonyl (C=O) groups is 2. The molecular weight excluding hydrogens is 294 g/mol. The summed E-state index contributed by atoms with van der Waals surface area (Å²) in [5.74, 6) is 0.0722. The number of carbonyl (C=O) groups excluding carboxylic acids is 2. The lowest BCUT2D eigenvalue weighted by Crippen LogP contribution is -2.52. The summed E-state index contributed by atoms with van der Waals surface area (Å²) < 4.78 is 11.2. The lowest BCUT2D eigenvalue weighted by Gasteiger charge is -2.41. The Morgan fingerprint density at radius 3 is 2.83 bits per heavy atom. The molecule has 23 heavy (non-hydrogen) atoms. The van der Waals surface area contributed by atoms with Crippen LogP contribution in [0.1, 0.15) is 6.92 Å². The zero-order valence-electron chi connectivity index (χ0n) is 12.9. The highest BCUT2D eigenvalue weighted by Crippen LogP contribution is 2.49. The zero-order valence-corrected chi connectivity index (χ0v) is 12.9. The molecular formula is C18H19NO4. The largest absolute Gasteiger partial charge is 0.343 e. The molecule has 5 nitrogen and oxygen atoms in total. The Morgan fingerprint density at radius 1 is 1.17 bits per heavy atom. The van der Waals surface area contributed by atoms with Gasteiger partial charge in [-0.05, 0) is 6.92 Å². The number of rotatable bonds is 1. The van der Waals surface area contributed by atoms with E-state index in [4.69, 9.17) is 9.47 Å². The Balaban J connectivity index is 1.63. The van der Waals surface area contributed by atoms with Crippen LogP contribution in [0, 0.1) is 17.8 Å². The highest BCUT2D eigenvalue weighted by atomic mass is 16.7. The van der Waals surface area contributed by atoms with Crippen LogP contribution in [-0.2, 0) is 19.1 Å². The molecule has 4 heterocycles. The van der Waals surface area contributed by atoms with Gasteiger partial charge in [-0.2, -0.15) is 0 Å². The van der Waals surface area contributed by atoms with Gasteiger partial charge in [-0.1, -0.05) is 36.5 Å². The van der Waals surface area contributed by atoms with Gasteiger partial charge in [0.2, 0.25) is 6.29 Å². The highest BCUT2D eigenvalue weighted by Gasteiger charge is 2.64. The first-order valence-corrected chi connectivity index (χ1v) is 8.29. The molecule has 0 N–H and O–H groups in total. The van der Waals surface area contributed by atoms with Crippen molar-refractivity contribution in [1.82, 2.24) is 4.90 Å². The van der Waals surface area contributed by atoms with E-state index in [-0.39, 0.29) is 53.5 Å². The molecule has 120 valence electrons. The number of hydrogen-bond acceptors (Lipinski definition) is 5. The van der Waals surface area contributed by atoms with E-state index in [1.54, 1.807) is 6.92 Å². The molecule has 0 aromatic heterocycles. The van der Waals surface area contributed by atoms with Crippen molar-refractivity contribution in [3.05, 3.63) is 36.5 Å². The van der Waals surface area contributed by atoms with Crippen LogP contribution in [0.4, 0.5) is 0 Å². The lowest BCUT2D eigenvalue weighted by atomic mass is 9.78. The molecule has 2 bridgehead atoms. The summed E-state index contributed by atoms with van der Waals surface area (Å²) in [4.78, 5) is 27.5. The highest BCUT2D eigenvalue weighted by molar-refractivity contribution is 5.91. The quantitative estimate of drug-likeness (QED) is 0.672. The van der Waals surface area contributed by atoms with Gasteiger partial charge < -0.3 is 9.47 Å². The maximum atomic E-state index is 12.8. The second-order valence-electron chi connectivity index (χ2n) is 7.06. The van der Waals surface area contributed by atoms with Gasteiger partial charge in [0.1, 0.15) is 5.78 Å². The van der Waals surface area contributed by atoms with Crippen LogP contribution in [0.5, 0.6) is 0 Å². The minimum absolute atomic E-state index is 0.000862. The fraction of sp³-hybridized carbons (Fsp3) is 0.556. The molecule has 0 radical (unpaired) electrons. The van der Waals surface area contributed by atoms with Crippen molar-refractivity contribution in [1.29, 1.82) is 0 Å². The second kappa shape index (κ2) is 4.72. The molecule has 0 spiro atoms. The first kappa shape index (κ1) is 13.8. The van der Waals surface area contributed by atoms with E-state index in [2.05, 4.69) is 29.2 Å². The molecule has 5 rings (SSSR count). The summed E-state index contributed by atoms with van der Waals surface area (Å²) in [7, 11) is 0. The van der Waals surface area contributed by atoms with E-state index in [0.29, 0.717) is 6.61 Å². The molecule has 0 aromatic rings. The Labute approximate surface area is 134 Å². The van der Waals surface area contributed by atoms with Gasteiger partial charge in [-0.25, -0.2) is 0 Å². The molecule has 8 atom stereocenters. The second-order valence-corrected chi connectivity index (χ2v) is 7.06. The Hall–Kier alpha value is -1.56. The summed E-state index contributed by atoms with van der Waals surface area (Å²) >= 11 is 0. The summed E-state index contributed by atoms with van der Waals surface area (Å²) in [6, 6.07) is -0.175. The maximum absolute atomic E-state index is 12.8. The van der Waals surface area contributed by atoms with Gasteiger partial charge in [0.25, 0.3) is 0 Å². The topological polar surface area (TPSA) is 55.8 Å². The van der Waals surface area contributed by atoms with Gasteiger partial charge in [-0.15, -0.1) is 0 Å². The number of fused-ring (bicyclic) bond motifs is 8. The molecule has 0 unspecified atom stereocenters. The van der Waals surface area contributed by atoms with Crippen molar-refractivity contribution in [2.75, 3.05) is 6.61 Å². The van der Waals surface area contributed by atoms with E-state index in [0.717, 1.165) is 0 Å². The average molecular weight is 313 g/mol. The Kier molecular flexibility index (Phi) is 2.84. The van der Waals surface area contributed by atoms with Crippen LogP contribution in [-0.4, -0.2) is 53.6 Å². The van der Waals surface area contributed by atoms with Crippen molar-refractivity contribution in [2.45, 2.75) is 37.4 Å². The van der Waals surface area contributed by atoms with Gasteiger partial charge in [0.15, 0.2) is 5.78 Å². The summed E-state index contributed by atoms with van der Waals surface area (Å²) in [6.45, 7) is 2.04. The van der Waals surface area contributed by atoms with Crippen molar-refractivity contribution in [3.63, 3.8) is 0 Å². The number of allylic oxidation sites excluding steroid dienone is 2. The first-order chi connectivity index (χ1) is 11.2. The molecule has 1 aliphatic carbocycles. The molecule has 5 aliphatic rings. The van der Waals surface area contributed by atoms with E-state index in [9.17, 15) is 9.59 Å². The fourth-order valence-corrected chi connectivity index (χ4v) is 5.13. The minimum Gasteiger partial charge on any atom is -0.343 e. The fourth-order valence-electron chi connectivity index (χ4n) is 5.13. The number of ketones is 2. The smallest absolute Gasteiger partial charge is 0.218 e. The summed E-state index contributed by atoms with van der Waals surface area (Å²) in [5, 5.41) is 0. The van der Waals surface area contributed by atoms with Gasteiger partial charge in [-0.3, -0.25) is 14.5 Å². The molecule has 3 fully saturated rings. The molecule has 3 saturated heterocycles. The molecule has 0 amide bonds. The van der Waals surface area contributed by atoms with E-state index in [1.165, 1.54) is 0 Å². The Morgan fingerprint density at radius 2 is 2.00 bits per heavy atom. The maximum Gasteiger partial charge on any atom is 0.218 e. The standard InChI is InChI=1S/C18H19NO4/c1-9(20)16-15-13-8-22-18(23-13)17(21)14(15)12-7-6-10-4-2-3-5-11(10)19(12)16/h2-7,10-16,18H,8H2,1H3/t10-,11+,12+,13-,14+,15+,16+,18-/m0/s1. The van der Waals surface area contributed by atoms with Crippen molar-refractivity contribution >= 4 is 11.6 Å². The predicted molar refractivity (Wildman–Crippen MR) is 81.4 cm³/mol. The Bertz CT molecular complexity index is 666. The van der Waals surface area contributed by atoms with Crippen LogP contribution in [0.25, 0.3) is 0 Å². The van der Waals surface area contributed by atoms with Gasteiger partial charge in [0, 0.05) is 29.8 Å². The van der Waals surface area contributed by atoms with E-state index < -0.39 is 6.29 Å². The van der Waals surface area contributed by atoms with Gasteiger partial charge in [0.05, 0.1) is 18.8 Å². The van der Waals surface area contributed by atoms with Crippen LogP contribution >= 0.6 is 0 Å². The van der Waals surface area contributed by atoms with Crippen LogP contribution in [0.2, 0.25) is 0 Å². The van der Waals surface area contributed by atoms with Crippen molar-refractivity contribution in [3.8, 4) is 0 Å². The van der Waals surface area contributed by atoms with Crippen LogP contribution < -0.4 is 0 Å². The number of nitrogens with zero attached hydrogens (tertiary/aromatic N) is 1. The summed E-state index contributed by atoms with van der Waals surface area (Å²) in [6.07, 6.45) is 11.8. The van der Waals surface area contributed by atoms with Crippen molar-refractivity contribution in [2.24, 2.45) is 17.8 Å². The molecule has 5 heteroatoms. The monoisotopic (exact) mass is 313 g/mol. The average Bonchev–Trinajstić information content (AvgIpc) is 3.13. The third-order valence-corrected chi connectivity index (χ3v) is 5.95. The third-order valence-electron chi connectivity index (χ3n) is 5.95. The van der Waals surface area contributed by atoms with E-state index in [1.807, 2.05) is 12.2 Å². The van der Waals surface area contributed by atoms with Crippen LogP contribution in [0.3, 0.4) is 0 Å². The normalized spacial score (nSPS) is 49.9. The molecule has 0 aromatic carbocycles. The molecule has 0 saturated carbocycles. The number of hydrogen-bond donors (Lipinski definition) is 0. The minimum atomic E-state index is -0.735. The number of Topliss-reactive ketones (excluding diaryl/α,β-unsaturated/α-hetero) is 2. The van der Waals surface area contributed by atoms with Gasteiger partial charge >= 0.3 is 0 Å². The van der Waals surface area contributed by atoms with Crippen molar-refractivity contribution < 1.29 is 19.1 Å². The lowest BCUT2D eigenvalue weighted by molar-refractivity contribution is -0.164.